The van der Waals surface area contributed by atoms with E-state index in [1.54, 1.807) is 11.3 Å². The maximum absolute atomic E-state index is 12.3. The van der Waals surface area contributed by atoms with Crippen LogP contribution >= 0.6 is 11.3 Å². The summed E-state index contributed by atoms with van der Waals surface area (Å²) in [6, 6.07) is 14.3. The third-order valence-electron chi connectivity index (χ3n) is 4.55. The molecule has 2 aromatic rings. The topological polar surface area (TPSA) is 52.7 Å². The van der Waals surface area contributed by atoms with Crippen molar-refractivity contribution < 1.29 is 9.59 Å². The van der Waals surface area contributed by atoms with Crippen LogP contribution < -0.4 is 5.32 Å². The molecular formula is C20H25N3O2S. The van der Waals surface area contributed by atoms with Crippen LogP contribution in [0.15, 0.2) is 47.8 Å². The van der Waals surface area contributed by atoms with E-state index < -0.39 is 0 Å². The van der Waals surface area contributed by atoms with E-state index in [9.17, 15) is 9.59 Å². The minimum absolute atomic E-state index is 0.0204. The third-order valence-corrected chi connectivity index (χ3v) is 5.43. The van der Waals surface area contributed by atoms with Crippen LogP contribution in [-0.2, 0) is 22.6 Å². The highest BCUT2D eigenvalue weighted by atomic mass is 32.1. The largest absolute Gasteiger partial charge is 0.355 e. The Morgan fingerprint density at radius 3 is 2.46 bits per heavy atom. The maximum atomic E-state index is 12.3. The molecule has 1 aliphatic rings. The predicted molar refractivity (Wildman–Crippen MR) is 104 cm³/mol. The summed E-state index contributed by atoms with van der Waals surface area (Å²) in [5.41, 5.74) is 1.31. The zero-order valence-electron chi connectivity index (χ0n) is 14.9. The summed E-state index contributed by atoms with van der Waals surface area (Å²) in [5, 5.41) is 4.80. The predicted octanol–water partition coefficient (Wildman–Crippen LogP) is 2.14. The van der Waals surface area contributed by atoms with Gasteiger partial charge >= 0.3 is 0 Å². The number of nitrogens with zero attached hydrogens (tertiary/aromatic N) is 2. The lowest BCUT2D eigenvalue weighted by Crippen LogP contribution is -2.48. The molecule has 0 unspecified atom stereocenters. The van der Waals surface area contributed by atoms with E-state index in [1.807, 2.05) is 28.5 Å². The van der Waals surface area contributed by atoms with Gasteiger partial charge in [0.05, 0.1) is 6.42 Å². The van der Waals surface area contributed by atoms with Crippen LogP contribution in [0.1, 0.15) is 16.9 Å². The smallest absolute Gasteiger partial charge is 0.225 e. The van der Waals surface area contributed by atoms with Crippen molar-refractivity contribution in [2.75, 3.05) is 32.7 Å². The molecule has 2 amide bonds. The van der Waals surface area contributed by atoms with Crippen LogP contribution in [0.5, 0.6) is 0 Å². The number of hydrogen-bond acceptors (Lipinski definition) is 4. The molecule has 0 radical (unpaired) electrons. The maximum Gasteiger partial charge on any atom is 0.225 e. The molecule has 26 heavy (non-hydrogen) atoms. The Morgan fingerprint density at radius 2 is 1.77 bits per heavy atom. The highest BCUT2D eigenvalue weighted by Crippen LogP contribution is 2.10. The van der Waals surface area contributed by atoms with Crippen LogP contribution in [0.4, 0.5) is 0 Å². The summed E-state index contributed by atoms with van der Waals surface area (Å²) < 4.78 is 0. The molecular weight excluding hydrogens is 346 g/mol. The van der Waals surface area contributed by atoms with Gasteiger partial charge in [0.2, 0.25) is 11.8 Å². The lowest BCUT2D eigenvalue weighted by molar-refractivity contribution is -0.133. The Labute approximate surface area is 158 Å². The molecule has 0 spiro atoms. The van der Waals surface area contributed by atoms with Crippen LogP contribution in [-0.4, -0.2) is 54.3 Å². The molecule has 1 N–H and O–H groups in total. The Hall–Kier alpha value is -2.18. The lowest BCUT2D eigenvalue weighted by Gasteiger charge is -2.34. The van der Waals surface area contributed by atoms with Gasteiger partial charge < -0.3 is 10.2 Å². The summed E-state index contributed by atoms with van der Waals surface area (Å²) >= 11 is 1.57. The number of amides is 2. The van der Waals surface area contributed by atoms with Crippen molar-refractivity contribution in [2.45, 2.75) is 19.4 Å². The van der Waals surface area contributed by atoms with Gasteiger partial charge in [-0.3, -0.25) is 14.5 Å². The number of rotatable bonds is 7. The quantitative estimate of drug-likeness (QED) is 0.811. The zero-order chi connectivity index (χ0) is 18.2. The molecule has 138 valence electrons. The summed E-state index contributed by atoms with van der Waals surface area (Å²) in [6.45, 7) is 4.65. The van der Waals surface area contributed by atoms with Gasteiger partial charge in [-0.2, -0.15) is 0 Å². The summed E-state index contributed by atoms with van der Waals surface area (Å²) in [4.78, 5) is 29.5. The van der Waals surface area contributed by atoms with Crippen molar-refractivity contribution in [1.82, 2.24) is 15.1 Å². The molecule has 5 nitrogen and oxygen atoms in total. The van der Waals surface area contributed by atoms with E-state index in [0.717, 1.165) is 37.6 Å². The minimum Gasteiger partial charge on any atom is -0.355 e. The van der Waals surface area contributed by atoms with Crippen LogP contribution in [0.25, 0.3) is 0 Å². The summed E-state index contributed by atoms with van der Waals surface area (Å²) in [6.07, 6.45) is 0.763. The Bertz CT molecular complexity index is 695. The number of piperazine rings is 1. The Morgan fingerprint density at radius 1 is 1.00 bits per heavy atom. The molecule has 0 saturated carbocycles. The molecule has 3 rings (SSSR count). The SMILES string of the molecule is O=C(Cc1cccs1)NCCC(=O)N1CCN(Cc2ccccc2)CC1. The molecule has 0 aliphatic carbocycles. The zero-order valence-corrected chi connectivity index (χ0v) is 15.7. The van der Waals surface area contributed by atoms with Crippen molar-refractivity contribution in [3.8, 4) is 0 Å². The van der Waals surface area contributed by atoms with E-state index in [4.69, 9.17) is 0 Å². The fraction of sp³-hybridized carbons (Fsp3) is 0.400. The molecule has 0 atom stereocenters. The standard InChI is InChI=1S/C20H25N3O2S/c24-19(15-18-7-4-14-26-18)21-9-8-20(25)23-12-10-22(11-13-23)16-17-5-2-1-3-6-17/h1-7,14H,8-13,15-16H2,(H,21,24). The van der Waals surface area contributed by atoms with E-state index in [0.29, 0.717) is 19.4 Å². The highest BCUT2D eigenvalue weighted by molar-refractivity contribution is 7.10. The monoisotopic (exact) mass is 371 g/mol. The van der Waals surface area contributed by atoms with Gasteiger partial charge in [-0.1, -0.05) is 36.4 Å². The fourth-order valence-corrected chi connectivity index (χ4v) is 3.80. The van der Waals surface area contributed by atoms with Gasteiger partial charge in [0.1, 0.15) is 0 Å². The molecule has 2 heterocycles. The summed E-state index contributed by atoms with van der Waals surface area (Å²) in [7, 11) is 0. The third kappa shape index (κ3) is 5.68. The normalized spacial score (nSPS) is 15.0. The first-order valence-electron chi connectivity index (χ1n) is 9.04. The first kappa shape index (κ1) is 18.6. The van der Waals surface area contributed by atoms with E-state index in [1.165, 1.54) is 5.56 Å². The number of benzene rings is 1. The minimum atomic E-state index is -0.0204. The number of nitrogens with one attached hydrogen (secondary N) is 1. The van der Waals surface area contributed by atoms with Crippen molar-refractivity contribution in [2.24, 2.45) is 0 Å². The molecule has 1 fully saturated rings. The van der Waals surface area contributed by atoms with Gasteiger partial charge in [0, 0.05) is 50.6 Å². The van der Waals surface area contributed by atoms with Crippen molar-refractivity contribution >= 4 is 23.2 Å². The Balaban J connectivity index is 1.32. The first-order valence-corrected chi connectivity index (χ1v) is 9.92. The van der Waals surface area contributed by atoms with Gasteiger partial charge in [0.25, 0.3) is 0 Å². The Kier molecular flexibility index (Phi) is 6.80. The van der Waals surface area contributed by atoms with E-state index in [2.05, 4.69) is 34.5 Å². The highest BCUT2D eigenvalue weighted by Gasteiger charge is 2.20. The molecule has 1 aliphatic heterocycles. The van der Waals surface area contributed by atoms with Crippen LogP contribution in [0.2, 0.25) is 0 Å². The van der Waals surface area contributed by atoms with Crippen molar-refractivity contribution in [1.29, 1.82) is 0 Å². The van der Waals surface area contributed by atoms with Crippen molar-refractivity contribution in [3.63, 3.8) is 0 Å². The number of carbonyl (C=O) groups excluding carboxylic acids is 2. The first-order chi connectivity index (χ1) is 12.7. The number of hydrogen-bond donors (Lipinski definition) is 1. The average molecular weight is 372 g/mol. The van der Waals surface area contributed by atoms with Crippen LogP contribution in [0, 0.1) is 0 Å². The van der Waals surface area contributed by atoms with E-state index >= 15 is 0 Å². The number of carbonyl (C=O) groups is 2. The second-order valence-electron chi connectivity index (χ2n) is 6.50. The van der Waals surface area contributed by atoms with E-state index in [-0.39, 0.29) is 11.8 Å². The van der Waals surface area contributed by atoms with Gasteiger partial charge in [-0.25, -0.2) is 0 Å². The number of thiophene rings is 1. The molecule has 1 aromatic carbocycles. The van der Waals surface area contributed by atoms with Gasteiger partial charge in [-0.05, 0) is 17.0 Å². The summed E-state index contributed by atoms with van der Waals surface area (Å²) in [5.74, 6) is 0.105. The molecule has 6 heteroatoms. The second-order valence-corrected chi connectivity index (χ2v) is 7.53. The fourth-order valence-electron chi connectivity index (χ4n) is 3.10. The molecule has 0 bridgehead atoms. The lowest BCUT2D eigenvalue weighted by atomic mass is 10.2. The van der Waals surface area contributed by atoms with Gasteiger partial charge in [0.15, 0.2) is 0 Å². The second kappa shape index (κ2) is 9.50. The van der Waals surface area contributed by atoms with Crippen molar-refractivity contribution in [3.05, 3.63) is 58.3 Å². The molecule has 1 aromatic heterocycles. The molecule has 1 saturated heterocycles. The van der Waals surface area contributed by atoms with Crippen LogP contribution in [0.3, 0.4) is 0 Å². The van der Waals surface area contributed by atoms with Gasteiger partial charge in [-0.15, -0.1) is 11.3 Å². The average Bonchev–Trinajstić information content (AvgIpc) is 3.16.